The number of thioether (sulfide) groups is 1. The van der Waals surface area contributed by atoms with Gasteiger partial charge in [0.25, 0.3) is 0 Å². The van der Waals surface area contributed by atoms with Crippen molar-refractivity contribution in [1.29, 1.82) is 0 Å². The maximum atomic E-state index is 11.6. The Labute approximate surface area is 104 Å². The summed E-state index contributed by atoms with van der Waals surface area (Å²) in [5.41, 5.74) is 0.830. The van der Waals surface area contributed by atoms with Crippen LogP contribution in [0, 0.1) is 0 Å². The summed E-state index contributed by atoms with van der Waals surface area (Å²) >= 11 is 5.12. The lowest BCUT2D eigenvalue weighted by molar-refractivity contribution is 0.0982. The maximum Gasteiger partial charge on any atom is 0.162 e. The van der Waals surface area contributed by atoms with Crippen LogP contribution in [0.25, 0.3) is 0 Å². The zero-order chi connectivity index (χ0) is 11.1. The molecule has 1 nitrogen and oxygen atoms in total. The van der Waals surface area contributed by atoms with E-state index in [4.69, 9.17) is 0 Å². The zero-order valence-corrected chi connectivity index (χ0v) is 11.2. The van der Waals surface area contributed by atoms with Crippen LogP contribution in [0.15, 0.2) is 29.2 Å². The molecule has 82 valence electrons. The molecule has 0 aliphatic rings. The second kappa shape index (κ2) is 7.07. The number of benzene rings is 1. The molecule has 0 unspecified atom stereocenters. The highest BCUT2D eigenvalue weighted by molar-refractivity contribution is 9.09. The molecule has 1 aromatic rings. The van der Waals surface area contributed by atoms with E-state index >= 15 is 0 Å². The van der Waals surface area contributed by atoms with Crippen molar-refractivity contribution in [3.05, 3.63) is 29.8 Å². The molecule has 0 spiro atoms. The number of ketones is 1. The monoisotopic (exact) mass is 286 g/mol. The van der Waals surface area contributed by atoms with Gasteiger partial charge in [-0.2, -0.15) is 0 Å². The van der Waals surface area contributed by atoms with Gasteiger partial charge in [-0.1, -0.05) is 35.0 Å². The number of carbonyl (C=O) groups excluding carboxylic acids is 1. The highest BCUT2D eigenvalue weighted by Gasteiger charge is 2.04. The lowest BCUT2D eigenvalue weighted by atomic mass is 10.1. The molecule has 0 N–H and O–H groups in total. The first kappa shape index (κ1) is 12.8. The second-order valence-electron chi connectivity index (χ2n) is 3.17. The summed E-state index contributed by atoms with van der Waals surface area (Å²) in [5.74, 6) is 1.30. The quantitative estimate of drug-likeness (QED) is 0.444. The van der Waals surface area contributed by atoms with E-state index in [1.54, 1.807) is 11.8 Å². The fourth-order valence-corrected chi connectivity index (χ4v) is 2.22. The van der Waals surface area contributed by atoms with Crippen LogP contribution in [0.1, 0.15) is 30.1 Å². The van der Waals surface area contributed by atoms with Gasteiger partial charge in [0.15, 0.2) is 5.78 Å². The van der Waals surface area contributed by atoms with Gasteiger partial charge in [-0.3, -0.25) is 4.79 Å². The Balaban J connectivity index is 2.58. The van der Waals surface area contributed by atoms with E-state index < -0.39 is 0 Å². The molecule has 0 bridgehead atoms. The lowest BCUT2D eigenvalue weighted by Gasteiger charge is -2.01. The Bertz CT molecular complexity index is 308. The summed E-state index contributed by atoms with van der Waals surface area (Å²) in [6.45, 7) is 2.12. The third kappa shape index (κ3) is 4.39. The first-order chi connectivity index (χ1) is 7.27. The summed E-state index contributed by atoms with van der Waals surface area (Å²) < 4.78 is 0. The average molecular weight is 287 g/mol. The molecule has 0 amide bonds. The molecule has 0 aliphatic carbocycles. The van der Waals surface area contributed by atoms with Gasteiger partial charge in [0.2, 0.25) is 0 Å². The van der Waals surface area contributed by atoms with Gasteiger partial charge in [-0.25, -0.2) is 0 Å². The third-order valence-electron chi connectivity index (χ3n) is 2.02. The van der Waals surface area contributed by atoms with E-state index in [9.17, 15) is 4.79 Å². The highest BCUT2D eigenvalue weighted by Crippen LogP contribution is 2.18. The van der Waals surface area contributed by atoms with Crippen molar-refractivity contribution in [2.24, 2.45) is 0 Å². The minimum Gasteiger partial charge on any atom is -0.294 e. The molecular weight excluding hydrogens is 272 g/mol. The van der Waals surface area contributed by atoms with Gasteiger partial charge in [0, 0.05) is 22.2 Å². The molecular formula is C12H15BrOS. The van der Waals surface area contributed by atoms with Crippen LogP contribution in [-0.4, -0.2) is 16.9 Å². The Morgan fingerprint density at radius 3 is 2.53 bits per heavy atom. The Kier molecular flexibility index (Phi) is 6.03. The topological polar surface area (TPSA) is 17.1 Å². The number of rotatable bonds is 6. The van der Waals surface area contributed by atoms with E-state index in [1.165, 1.54) is 4.90 Å². The van der Waals surface area contributed by atoms with Crippen LogP contribution in [0.4, 0.5) is 0 Å². The molecule has 0 atom stereocenters. The van der Waals surface area contributed by atoms with Crippen LogP contribution in [-0.2, 0) is 0 Å². The van der Waals surface area contributed by atoms with Gasteiger partial charge in [0.1, 0.15) is 0 Å². The summed E-state index contributed by atoms with van der Waals surface area (Å²) in [5, 5.41) is 0.891. The van der Waals surface area contributed by atoms with E-state index in [-0.39, 0.29) is 5.78 Å². The van der Waals surface area contributed by atoms with Crippen LogP contribution < -0.4 is 0 Å². The molecule has 0 aliphatic heterocycles. The fourth-order valence-electron chi connectivity index (χ4n) is 1.28. The second-order valence-corrected chi connectivity index (χ2v) is 5.30. The van der Waals surface area contributed by atoms with Crippen LogP contribution in [0.5, 0.6) is 0 Å². The number of Topliss-reactive ketones (excluding diaryl/α,β-unsaturated/α-hetero) is 1. The van der Waals surface area contributed by atoms with E-state index in [2.05, 4.69) is 22.9 Å². The summed E-state index contributed by atoms with van der Waals surface area (Å²) in [6.07, 6.45) is 1.54. The smallest absolute Gasteiger partial charge is 0.162 e. The molecule has 0 radical (unpaired) electrons. The predicted octanol–water partition coefficient (Wildman–Crippen LogP) is 4.16. The molecule has 15 heavy (non-hydrogen) atoms. The van der Waals surface area contributed by atoms with Crippen molar-refractivity contribution >= 4 is 33.5 Å². The summed E-state index contributed by atoms with van der Waals surface area (Å²) in [7, 11) is 0. The summed E-state index contributed by atoms with van der Waals surface area (Å²) in [4.78, 5) is 12.9. The van der Waals surface area contributed by atoms with Gasteiger partial charge in [-0.05, 0) is 24.3 Å². The number of hydrogen-bond donors (Lipinski definition) is 0. The minimum absolute atomic E-state index is 0.238. The van der Waals surface area contributed by atoms with Crippen molar-refractivity contribution in [2.75, 3.05) is 11.1 Å². The minimum atomic E-state index is 0.238. The van der Waals surface area contributed by atoms with Gasteiger partial charge >= 0.3 is 0 Å². The SMILES string of the molecule is CCSc1ccc(C(=O)CCCBr)cc1. The predicted molar refractivity (Wildman–Crippen MR) is 70.2 cm³/mol. The van der Waals surface area contributed by atoms with Crippen molar-refractivity contribution < 1.29 is 4.79 Å². The molecule has 1 aromatic carbocycles. The fraction of sp³-hybridized carbons (Fsp3) is 0.417. The molecule has 0 aromatic heterocycles. The van der Waals surface area contributed by atoms with Gasteiger partial charge < -0.3 is 0 Å². The van der Waals surface area contributed by atoms with E-state index in [0.717, 1.165) is 23.1 Å². The number of hydrogen-bond acceptors (Lipinski definition) is 2. The third-order valence-corrected chi connectivity index (χ3v) is 3.48. The standard InChI is InChI=1S/C12H15BrOS/c1-2-15-11-7-5-10(6-8-11)12(14)4-3-9-13/h5-8H,2-4,9H2,1H3. The molecule has 0 saturated carbocycles. The Morgan fingerprint density at radius 2 is 2.00 bits per heavy atom. The van der Waals surface area contributed by atoms with Crippen LogP contribution in [0.3, 0.4) is 0 Å². The normalized spacial score (nSPS) is 10.3. The van der Waals surface area contributed by atoms with Crippen molar-refractivity contribution in [1.82, 2.24) is 0 Å². The van der Waals surface area contributed by atoms with Crippen molar-refractivity contribution in [3.8, 4) is 0 Å². The molecule has 1 rings (SSSR count). The zero-order valence-electron chi connectivity index (χ0n) is 8.83. The lowest BCUT2D eigenvalue weighted by Crippen LogP contribution is -1.98. The molecule has 3 heteroatoms. The first-order valence-electron chi connectivity index (χ1n) is 5.10. The number of halogens is 1. The molecule has 0 saturated heterocycles. The van der Waals surface area contributed by atoms with Crippen LogP contribution >= 0.6 is 27.7 Å². The van der Waals surface area contributed by atoms with Crippen molar-refractivity contribution in [3.63, 3.8) is 0 Å². The average Bonchev–Trinajstić information content (AvgIpc) is 2.27. The first-order valence-corrected chi connectivity index (χ1v) is 7.20. The number of carbonyl (C=O) groups is 1. The highest BCUT2D eigenvalue weighted by atomic mass is 79.9. The largest absolute Gasteiger partial charge is 0.294 e. The molecule has 0 heterocycles. The van der Waals surface area contributed by atoms with Crippen LogP contribution in [0.2, 0.25) is 0 Å². The number of alkyl halides is 1. The van der Waals surface area contributed by atoms with E-state index in [0.29, 0.717) is 6.42 Å². The van der Waals surface area contributed by atoms with Gasteiger partial charge in [0.05, 0.1) is 0 Å². The molecule has 0 fully saturated rings. The maximum absolute atomic E-state index is 11.6. The van der Waals surface area contributed by atoms with E-state index in [1.807, 2.05) is 24.3 Å². The van der Waals surface area contributed by atoms with Crippen molar-refractivity contribution in [2.45, 2.75) is 24.7 Å². The Hall–Kier alpha value is -0.280. The summed E-state index contributed by atoms with van der Waals surface area (Å²) in [6, 6.07) is 7.90. The Morgan fingerprint density at radius 1 is 1.33 bits per heavy atom. The van der Waals surface area contributed by atoms with Gasteiger partial charge in [-0.15, -0.1) is 11.8 Å².